The molecule has 0 saturated carbocycles. The van der Waals surface area contributed by atoms with Crippen LogP contribution in [-0.4, -0.2) is 33.3 Å². The number of carbonyl (C=O) groups is 1. The van der Waals surface area contributed by atoms with Gasteiger partial charge >= 0.3 is 6.18 Å². The molecule has 0 bridgehead atoms. The molecule has 0 fully saturated rings. The van der Waals surface area contributed by atoms with E-state index in [-0.39, 0.29) is 30.7 Å². The van der Waals surface area contributed by atoms with Gasteiger partial charge in [0.25, 0.3) is 0 Å². The lowest BCUT2D eigenvalue weighted by molar-refractivity contribution is -0.137. The molecule has 0 unspecified atom stereocenters. The molecule has 1 amide bonds. The molecular formula is C22H21F3N4O2. The van der Waals surface area contributed by atoms with Gasteiger partial charge in [0, 0.05) is 12.0 Å². The molecule has 0 radical (unpaired) electrons. The highest BCUT2D eigenvalue weighted by molar-refractivity contribution is 5.77. The minimum atomic E-state index is -4.47. The van der Waals surface area contributed by atoms with Crippen molar-refractivity contribution in [3.63, 3.8) is 0 Å². The molecule has 0 spiro atoms. The van der Waals surface area contributed by atoms with E-state index in [1.54, 1.807) is 32.0 Å². The van der Waals surface area contributed by atoms with Gasteiger partial charge in [-0.25, -0.2) is 9.67 Å². The van der Waals surface area contributed by atoms with Crippen molar-refractivity contribution in [2.75, 3.05) is 6.54 Å². The molecule has 2 aromatic carbocycles. The maximum atomic E-state index is 13.5. The van der Waals surface area contributed by atoms with Crippen LogP contribution < -0.4 is 10.1 Å². The number of benzene rings is 2. The number of hydrogen-bond acceptors (Lipinski definition) is 4. The number of amides is 1. The van der Waals surface area contributed by atoms with E-state index in [0.29, 0.717) is 29.4 Å². The third-order valence-electron chi connectivity index (χ3n) is 5.13. The third kappa shape index (κ3) is 4.40. The van der Waals surface area contributed by atoms with E-state index in [4.69, 9.17) is 4.74 Å². The van der Waals surface area contributed by atoms with Gasteiger partial charge in [-0.3, -0.25) is 4.79 Å². The lowest BCUT2D eigenvalue weighted by Gasteiger charge is -2.16. The molecule has 1 atom stereocenters. The summed E-state index contributed by atoms with van der Waals surface area (Å²) < 4.78 is 47.9. The number of hydrogen-bond donors (Lipinski definition) is 1. The van der Waals surface area contributed by atoms with Gasteiger partial charge in [0.05, 0.1) is 12.1 Å². The normalized spacial score (nSPS) is 15.5. The second kappa shape index (κ2) is 8.05. The van der Waals surface area contributed by atoms with E-state index in [0.717, 1.165) is 11.6 Å². The molecule has 6 nitrogen and oxygen atoms in total. The third-order valence-corrected chi connectivity index (χ3v) is 5.13. The number of fused-ring (bicyclic) bond motifs is 1. The number of halogens is 3. The molecule has 31 heavy (non-hydrogen) atoms. The number of rotatable bonds is 5. The Labute approximate surface area is 177 Å². The molecule has 3 aromatic rings. The van der Waals surface area contributed by atoms with Crippen LogP contribution in [0.5, 0.6) is 5.75 Å². The predicted molar refractivity (Wildman–Crippen MR) is 108 cm³/mol. The zero-order valence-corrected chi connectivity index (χ0v) is 17.0. The van der Waals surface area contributed by atoms with Crippen molar-refractivity contribution in [1.29, 1.82) is 0 Å². The summed E-state index contributed by atoms with van der Waals surface area (Å²) in [4.78, 5) is 16.4. The summed E-state index contributed by atoms with van der Waals surface area (Å²) in [7, 11) is 0. The summed E-state index contributed by atoms with van der Waals surface area (Å²) in [6, 6.07) is 10.6. The van der Waals surface area contributed by atoms with Crippen molar-refractivity contribution in [2.45, 2.75) is 39.1 Å². The highest BCUT2D eigenvalue weighted by atomic mass is 19.4. The van der Waals surface area contributed by atoms with Crippen molar-refractivity contribution < 1.29 is 22.7 Å². The maximum Gasteiger partial charge on any atom is 0.417 e. The van der Waals surface area contributed by atoms with E-state index in [2.05, 4.69) is 15.4 Å². The molecule has 162 valence electrons. The van der Waals surface area contributed by atoms with Gasteiger partial charge in [0.1, 0.15) is 30.0 Å². The fourth-order valence-electron chi connectivity index (χ4n) is 3.76. The fraction of sp³-hybridized carbons (Fsp3) is 0.318. The lowest BCUT2D eigenvalue weighted by atomic mass is 9.96. The topological polar surface area (TPSA) is 69.0 Å². The van der Waals surface area contributed by atoms with Gasteiger partial charge in [-0.05, 0) is 31.0 Å². The number of ether oxygens (including phenoxy) is 1. The summed E-state index contributed by atoms with van der Waals surface area (Å²) in [5, 5.41) is 6.96. The van der Waals surface area contributed by atoms with Crippen LogP contribution >= 0.6 is 0 Å². The van der Waals surface area contributed by atoms with Gasteiger partial charge < -0.3 is 10.1 Å². The van der Waals surface area contributed by atoms with Gasteiger partial charge in [0.15, 0.2) is 0 Å². The zero-order chi connectivity index (χ0) is 22.2. The van der Waals surface area contributed by atoms with E-state index in [9.17, 15) is 18.0 Å². The van der Waals surface area contributed by atoms with Crippen LogP contribution in [0.4, 0.5) is 13.2 Å². The molecule has 1 aliphatic heterocycles. The number of aromatic nitrogens is 3. The van der Waals surface area contributed by atoms with Gasteiger partial charge in [0.2, 0.25) is 5.91 Å². The van der Waals surface area contributed by atoms with Gasteiger partial charge in [-0.2, -0.15) is 18.3 Å². The van der Waals surface area contributed by atoms with E-state index < -0.39 is 11.7 Å². The van der Waals surface area contributed by atoms with Gasteiger partial charge in [-0.15, -0.1) is 0 Å². The number of carbonyl (C=O) groups excluding carboxylic acids is 1. The van der Waals surface area contributed by atoms with Crippen LogP contribution in [-0.2, 0) is 23.9 Å². The second-order valence-corrected chi connectivity index (χ2v) is 7.45. The van der Waals surface area contributed by atoms with E-state index >= 15 is 0 Å². The van der Waals surface area contributed by atoms with Crippen molar-refractivity contribution in [2.24, 2.45) is 0 Å². The highest BCUT2D eigenvalue weighted by Crippen LogP contribution is 2.43. The van der Waals surface area contributed by atoms with Gasteiger partial charge in [-0.1, -0.05) is 36.4 Å². The number of nitrogens with zero attached hydrogens (tertiary/aromatic N) is 3. The lowest BCUT2D eigenvalue weighted by Crippen LogP contribution is -2.36. The van der Waals surface area contributed by atoms with Crippen molar-refractivity contribution in [3.8, 4) is 16.9 Å². The summed E-state index contributed by atoms with van der Waals surface area (Å²) in [6.45, 7) is 3.79. The first-order valence-corrected chi connectivity index (χ1v) is 9.82. The molecule has 2 heterocycles. The van der Waals surface area contributed by atoms with Crippen molar-refractivity contribution in [1.82, 2.24) is 20.1 Å². The number of nitrogens with one attached hydrogen (secondary N) is 1. The minimum Gasteiger partial charge on any atom is -0.487 e. The Morgan fingerprint density at radius 3 is 2.61 bits per heavy atom. The van der Waals surface area contributed by atoms with Crippen LogP contribution in [0.2, 0.25) is 0 Å². The Bertz CT molecular complexity index is 1120. The van der Waals surface area contributed by atoms with Crippen LogP contribution in [0.3, 0.4) is 0 Å². The first-order valence-electron chi connectivity index (χ1n) is 9.82. The summed E-state index contributed by atoms with van der Waals surface area (Å²) >= 11 is 0. The number of para-hydroxylation sites is 1. The van der Waals surface area contributed by atoms with E-state index in [1.165, 1.54) is 16.8 Å². The molecular weight excluding hydrogens is 409 g/mol. The fourth-order valence-corrected chi connectivity index (χ4v) is 3.76. The molecule has 0 aliphatic carbocycles. The number of alkyl halides is 3. The highest BCUT2D eigenvalue weighted by Gasteiger charge is 2.35. The smallest absolute Gasteiger partial charge is 0.417 e. The van der Waals surface area contributed by atoms with E-state index in [1.807, 2.05) is 6.07 Å². The zero-order valence-electron chi connectivity index (χ0n) is 17.0. The SMILES string of the molecule is Cc1nc(C)n(CC(=O)NC[C@@H]2Cc3cccc(-c4ccccc4C(F)(F)F)c3O2)n1. The average Bonchev–Trinajstić information content (AvgIpc) is 3.27. The maximum absolute atomic E-state index is 13.5. The first-order chi connectivity index (χ1) is 14.7. The Kier molecular flexibility index (Phi) is 5.43. The standard InChI is InChI=1S/C22H21F3N4O2/c1-13-27-14(2)29(28-13)12-20(30)26-11-16-10-15-6-5-8-18(21(15)31-16)17-7-3-4-9-19(17)22(23,24)25/h3-9,16H,10-12H2,1-2H3,(H,26,30)/t16-/m0/s1. The van der Waals surface area contributed by atoms with Crippen LogP contribution in [0.15, 0.2) is 42.5 Å². The van der Waals surface area contributed by atoms with Crippen LogP contribution in [0, 0.1) is 13.8 Å². The molecule has 1 N–H and O–H groups in total. The number of aryl methyl sites for hydroxylation is 2. The molecule has 1 aliphatic rings. The predicted octanol–water partition coefficient (Wildman–Crippen LogP) is 3.70. The Balaban J connectivity index is 1.47. The van der Waals surface area contributed by atoms with Crippen LogP contribution in [0.25, 0.3) is 11.1 Å². The van der Waals surface area contributed by atoms with Crippen molar-refractivity contribution in [3.05, 3.63) is 65.2 Å². The van der Waals surface area contributed by atoms with Crippen molar-refractivity contribution >= 4 is 5.91 Å². The largest absolute Gasteiger partial charge is 0.487 e. The average molecular weight is 430 g/mol. The Morgan fingerprint density at radius 2 is 1.90 bits per heavy atom. The molecule has 1 aromatic heterocycles. The Morgan fingerprint density at radius 1 is 1.16 bits per heavy atom. The van der Waals surface area contributed by atoms with Crippen LogP contribution in [0.1, 0.15) is 22.8 Å². The summed E-state index contributed by atoms with van der Waals surface area (Å²) in [5.74, 6) is 1.42. The molecule has 4 rings (SSSR count). The summed E-state index contributed by atoms with van der Waals surface area (Å²) in [5.41, 5.74) is 0.584. The summed E-state index contributed by atoms with van der Waals surface area (Å²) in [6.07, 6.45) is -4.33. The minimum absolute atomic E-state index is 0.0382. The quantitative estimate of drug-likeness (QED) is 0.670. The first kappa shape index (κ1) is 20.9. The monoisotopic (exact) mass is 430 g/mol. The molecule has 0 saturated heterocycles. The Hall–Kier alpha value is -3.36. The molecule has 9 heteroatoms. The second-order valence-electron chi connectivity index (χ2n) is 7.45.